The summed E-state index contributed by atoms with van der Waals surface area (Å²) in [5.74, 6) is -0.737. The molecule has 0 spiro atoms. The second-order valence-electron chi connectivity index (χ2n) is 6.49. The number of carbonyl (C=O) groups excluding carboxylic acids is 2. The minimum atomic E-state index is -0.556. The van der Waals surface area contributed by atoms with Crippen LogP contribution in [0.25, 0.3) is 21.2 Å². The molecule has 2 amide bonds. The molecule has 0 atom stereocenters. The molecular formula is C23H18N2O2S. The summed E-state index contributed by atoms with van der Waals surface area (Å²) in [7, 11) is 0. The van der Waals surface area contributed by atoms with Gasteiger partial charge in [0.1, 0.15) is 5.00 Å². The van der Waals surface area contributed by atoms with Crippen molar-refractivity contribution in [1.82, 2.24) is 0 Å². The monoisotopic (exact) mass is 386 g/mol. The number of carbonyl (C=O) groups is 2. The largest absolute Gasteiger partial charge is 0.366 e. The minimum absolute atomic E-state index is 0.181. The summed E-state index contributed by atoms with van der Waals surface area (Å²) in [6, 6.07) is 25.4. The molecule has 3 N–H and O–H groups in total. The average molecular weight is 386 g/mol. The number of primary amides is 1. The van der Waals surface area contributed by atoms with Gasteiger partial charge in [-0.2, -0.15) is 0 Å². The molecule has 0 aliphatic carbocycles. The zero-order valence-electron chi connectivity index (χ0n) is 15.0. The minimum Gasteiger partial charge on any atom is -0.366 e. The van der Waals surface area contributed by atoms with Crippen molar-refractivity contribution in [3.8, 4) is 10.4 Å². The van der Waals surface area contributed by atoms with E-state index in [0.29, 0.717) is 10.6 Å². The summed E-state index contributed by atoms with van der Waals surface area (Å²) >= 11 is 1.35. The molecule has 138 valence electrons. The Morgan fingerprint density at radius 3 is 2.32 bits per heavy atom. The first kappa shape index (κ1) is 17.9. The number of benzene rings is 3. The highest BCUT2D eigenvalue weighted by Gasteiger charge is 2.17. The van der Waals surface area contributed by atoms with Gasteiger partial charge < -0.3 is 11.1 Å². The predicted molar refractivity (Wildman–Crippen MR) is 115 cm³/mol. The van der Waals surface area contributed by atoms with Gasteiger partial charge in [-0.1, -0.05) is 72.8 Å². The molecule has 4 aromatic rings. The fraction of sp³-hybridized carbons (Fsp3) is 0.0435. The molecule has 0 aliphatic heterocycles. The molecule has 0 saturated heterocycles. The van der Waals surface area contributed by atoms with Gasteiger partial charge in [0, 0.05) is 4.88 Å². The van der Waals surface area contributed by atoms with Crippen LogP contribution in [0.1, 0.15) is 15.9 Å². The van der Waals surface area contributed by atoms with Crippen LogP contribution < -0.4 is 11.1 Å². The molecule has 5 heteroatoms. The molecular weight excluding hydrogens is 368 g/mol. The molecule has 0 radical (unpaired) electrons. The summed E-state index contributed by atoms with van der Waals surface area (Å²) in [6.07, 6.45) is 0.224. The lowest BCUT2D eigenvalue weighted by atomic mass is 10.0. The Balaban J connectivity index is 1.56. The average Bonchev–Trinajstić information content (AvgIpc) is 3.12. The van der Waals surface area contributed by atoms with Crippen molar-refractivity contribution in [2.45, 2.75) is 6.42 Å². The molecule has 0 saturated carbocycles. The number of thiophene rings is 1. The van der Waals surface area contributed by atoms with Gasteiger partial charge in [0.25, 0.3) is 5.91 Å². The Morgan fingerprint density at radius 2 is 1.57 bits per heavy atom. The van der Waals surface area contributed by atoms with Gasteiger partial charge in [0.2, 0.25) is 5.91 Å². The molecule has 0 bridgehead atoms. The summed E-state index contributed by atoms with van der Waals surface area (Å²) in [6.45, 7) is 0. The molecule has 4 nitrogen and oxygen atoms in total. The van der Waals surface area contributed by atoms with E-state index in [0.717, 1.165) is 26.8 Å². The second kappa shape index (κ2) is 7.66. The van der Waals surface area contributed by atoms with Crippen LogP contribution in [0, 0.1) is 0 Å². The Labute approximate surface area is 166 Å². The van der Waals surface area contributed by atoms with Gasteiger partial charge >= 0.3 is 0 Å². The van der Waals surface area contributed by atoms with Gasteiger partial charge in [-0.05, 0) is 28.0 Å². The highest BCUT2D eigenvalue weighted by molar-refractivity contribution is 7.20. The highest BCUT2D eigenvalue weighted by Crippen LogP contribution is 2.35. The van der Waals surface area contributed by atoms with E-state index in [4.69, 9.17) is 5.73 Å². The standard InChI is InChI=1S/C23H18N2O2S/c24-22(27)19-14-20(17-7-2-1-3-8-17)28-23(19)25-21(26)13-15-10-11-16-6-4-5-9-18(16)12-15/h1-12,14H,13H2,(H2,24,27)(H,25,26). The van der Waals surface area contributed by atoms with Crippen molar-refractivity contribution >= 4 is 38.9 Å². The molecule has 3 aromatic carbocycles. The Kier molecular flexibility index (Phi) is 4.91. The summed E-state index contributed by atoms with van der Waals surface area (Å²) < 4.78 is 0. The van der Waals surface area contributed by atoms with Gasteiger partial charge in [-0.15, -0.1) is 11.3 Å². The zero-order chi connectivity index (χ0) is 19.5. The van der Waals surface area contributed by atoms with Crippen LogP contribution in [0.5, 0.6) is 0 Å². The van der Waals surface area contributed by atoms with Gasteiger partial charge in [0.15, 0.2) is 0 Å². The Hall–Kier alpha value is -3.44. The third-order valence-corrected chi connectivity index (χ3v) is 5.59. The highest BCUT2D eigenvalue weighted by atomic mass is 32.1. The molecule has 4 rings (SSSR count). The smallest absolute Gasteiger partial charge is 0.251 e. The first-order valence-electron chi connectivity index (χ1n) is 8.87. The van der Waals surface area contributed by atoms with E-state index < -0.39 is 5.91 Å². The van der Waals surface area contributed by atoms with E-state index >= 15 is 0 Å². The van der Waals surface area contributed by atoms with Crippen molar-refractivity contribution in [2.24, 2.45) is 5.73 Å². The molecule has 1 heterocycles. The summed E-state index contributed by atoms with van der Waals surface area (Å²) in [4.78, 5) is 25.3. The number of hydrogen-bond acceptors (Lipinski definition) is 3. The number of hydrogen-bond donors (Lipinski definition) is 2. The second-order valence-corrected chi connectivity index (χ2v) is 7.54. The molecule has 28 heavy (non-hydrogen) atoms. The number of fused-ring (bicyclic) bond motifs is 1. The lowest BCUT2D eigenvalue weighted by Gasteiger charge is -2.06. The Morgan fingerprint density at radius 1 is 0.857 bits per heavy atom. The van der Waals surface area contributed by atoms with Crippen molar-refractivity contribution in [2.75, 3.05) is 5.32 Å². The van der Waals surface area contributed by atoms with Crippen molar-refractivity contribution in [1.29, 1.82) is 0 Å². The first-order chi connectivity index (χ1) is 13.6. The molecule has 0 aliphatic rings. The first-order valence-corrected chi connectivity index (χ1v) is 9.68. The van der Waals surface area contributed by atoms with Crippen LogP contribution in [0.2, 0.25) is 0 Å². The fourth-order valence-corrected chi connectivity index (χ4v) is 4.20. The number of rotatable bonds is 5. The van der Waals surface area contributed by atoms with Crippen molar-refractivity contribution in [3.05, 3.63) is 90.0 Å². The van der Waals surface area contributed by atoms with Crippen LogP contribution in [-0.4, -0.2) is 11.8 Å². The van der Waals surface area contributed by atoms with Crippen LogP contribution in [0.3, 0.4) is 0 Å². The maximum Gasteiger partial charge on any atom is 0.251 e. The molecule has 0 unspecified atom stereocenters. The van der Waals surface area contributed by atoms with E-state index in [-0.39, 0.29) is 12.3 Å². The number of nitrogens with one attached hydrogen (secondary N) is 1. The van der Waals surface area contributed by atoms with Crippen molar-refractivity contribution < 1.29 is 9.59 Å². The van der Waals surface area contributed by atoms with Gasteiger partial charge in [0.05, 0.1) is 12.0 Å². The van der Waals surface area contributed by atoms with E-state index in [1.165, 1.54) is 11.3 Å². The van der Waals surface area contributed by atoms with Crippen LogP contribution in [0.15, 0.2) is 78.9 Å². The fourth-order valence-electron chi connectivity index (χ4n) is 3.12. The number of anilines is 1. The van der Waals surface area contributed by atoms with Crippen LogP contribution >= 0.6 is 11.3 Å². The van der Waals surface area contributed by atoms with Gasteiger partial charge in [-0.25, -0.2) is 0 Å². The third-order valence-electron chi connectivity index (χ3n) is 4.49. The number of nitrogens with two attached hydrogens (primary N) is 1. The van der Waals surface area contributed by atoms with E-state index in [1.807, 2.05) is 72.8 Å². The summed E-state index contributed by atoms with van der Waals surface area (Å²) in [5.41, 5.74) is 7.73. The van der Waals surface area contributed by atoms with Crippen LogP contribution in [0.4, 0.5) is 5.00 Å². The zero-order valence-corrected chi connectivity index (χ0v) is 15.8. The third kappa shape index (κ3) is 3.80. The van der Waals surface area contributed by atoms with E-state index in [9.17, 15) is 9.59 Å². The van der Waals surface area contributed by atoms with E-state index in [1.54, 1.807) is 6.07 Å². The van der Waals surface area contributed by atoms with Gasteiger partial charge in [-0.3, -0.25) is 9.59 Å². The SMILES string of the molecule is NC(=O)c1cc(-c2ccccc2)sc1NC(=O)Cc1ccc2ccccc2c1. The molecule has 0 fully saturated rings. The predicted octanol–water partition coefficient (Wildman–Crippen LogP) is 4.85. The van der Waals surface area contributed by atoms with Crippen molar-refractivity contribution in [3.63, 3.8) is 0 Å². The maximum absolute atomic E-state index is 12.6. The quantitative estimate of drug-likeness (QED) is 0.515. The summed E-state index contributed by atoms with van der Waals surface area (Å²) in [5, 5.41) is 5.56. The molecule has 1 aromatic heterocycles. The number of amides is 2. The van der Waals surface area contributed by atoms with Crippen LogP contribution in [-0.2, 0) is 11.2 Å². The lowest BCUT2D eigenvalue weighted by molar-refractivity contribution is -0.115. The maximum atomic E-state index is 12.6. The topological polar surface area (TPSA) is 72.2 Å². The Bertz CT molecular complexity index is 1170. The lowest BCUT2D eigenvalue weighted by Crippen LogP contribution is -2.17. The normalized spacial score (nSPS) is 10.7. The van der Waals surface area contributed by atoms with E-state index in [2.05, 4.69) is 5.32 Å².